The highest BCUT2D eigenvalue weighted by atomic mass is 16.5. The quantitative estimate of drug-likeness (QED) is 0.785. The van der Waals surface area contributed by atoms with Crippen LogP contribution < -0.4 is 10.1 Å². The highest BCUT2D eigenvalue weighted by Crippen LogP contribution is 2.25. The number of carbonyl (C=O) groups excluding carboxylic acids is 1. The van der Waals surface area contributed by atoms with Gasteiger partial charge in [0.25, 0.3) is 5.91 Å². The van der Waals surface area contributed by atoms with Gasteiger partial charge in [-0.2, -0.15) is 0 Å². The third kappa shape index (κ3) is 6.57. The van der Waals surface area contributed by atoms with Crippen LogP contribution in [0, 0.1) is 0 Å². The summed E-state index contributed by atoms with van der Waals surface area (Å²) < 4.78 is 6.16. The summed E-state index contributed by atoms with van der Waals surface area (Å²) in [6.07, 6.45) is 6.71. The molecule has 1 saturated heterocycles. The maximum absolute atomic E-state index is 12.8. The van der Waals surface area contributed by atoms with Crippen LogP contribution in [0.4, 0.5) is 0 Å². The lowest BCUT2D eigenvalue weighted by Crippen LogP contribution is -2.33. The number of likely N-dealkylation sites (tertiary alicyclic amines) is 1. The molecule has 5 nitrogen and oxygen atoms in total. The summed E-state index contributed by atoms with van der Waals surface area (Å²) in [7, 11) is 2.19. The third-order valence-electron chi connectivity index (χ3n) is 6.52. The minimum atomic E-state index is 0.00164. The molecule has 0 aliphatic carbocycles. The van der Waals surface area contributed by atoms with Gasteiger partial charge in [0.15, 0.2) is 0 Å². The van der Waals surface area contributed by atoms with Crippen molar-refractivity contribution in [2.75, 3.05) is 46.4 Å². The Hall–Kier alpha value is -2.37. The molecule has 2 heterocycles. The van der Waals surface area contributed by atoms with Crippen molar-refractivity contribution < 1.29 is 9.53 Å². The van der Waals surface area contributed by atoms with E-state index in [1.807, 2.05) is 18.2 Å². The van der Waals surface area contributed by atoms with Crippen LogP contribution in [-0.4, -0.2) is 62.1 Å². The van der Waals surface area contributed by atoms with Gasteiger partial charge in [0, 0.05) is 31.6 Å². The van der Waals surface area contributed by atoms with Gasteiger partial charge >= 0.3 is 0 Å². The van der Waals surface area contributed by atoms with Crippen LogP contribution in [0.2, 0.25) is 0 Å². The number of nitrogens with zero attached hydrogens (tertiary/aromatic N) is 2. The standard InChI is InChI=1S/C27H37N3O2/c1-29-13-3-2-6-17-32-26-11-10-24(27(31)28-12-16-30-14-4-5-15-30)20-25(26)19-22-8-7-9-23(18-22)21-29/h7-11,18,20H,2-6,12-17,19,21H2,1H3,(H,28,31). The second-order valence-electron chi connectivity index (χ2n) is 9.27. The van der Waals surface area contributed by atoms with Crippen molar-refractivity contribution in [1.82, 2.24) is 15.1 Å². The number of ether oxygens (including phenoxy) is 1. The van der Waals surface area contributed by atoms with Gasteiger partial charge in [0.1, 0.15) is 5.75 Å². The monoisotopic (exact) mass is 435 g/mol. The normalized spacial score (nSPS) is 18.4. The van der Waals surface area contributed by atoms with E-state index in [1.165, 1.54) is 30.4 Å². The average molecular weight is 436 g/mol. The lowest BCUT2D eigenvalue weighted by atomic mass is 9.99. The molecule has 0 saturated carbocycles. The molecule has 2 aromatic rings. The van der Waals surface area contributed by atoms with Gasteiger partial charge in [-0.15, -0.1) is 0 Å². The fourth-order valence-corrected chi connectivity index (χ4v) is 4.73. The molecule has 2 aliphatic heterocycles. The number of fused-ring (bicyclic) bond motifs is 3. The minimum absolute atomic E-state index is 0.00164. The van der Waals surface area contributed by atoms with E-state index in [0.29, 0.717) is 12.1 Å². The first kappa shape index (κ1) is 22.8. The summed E-state index contributed by atoms with van der Waals surface area (Å²) in [4.78, 5) is 17.6. The van der Waals surface area contributed by atoms with E-state index >= 15 is 0 Å². The van der Waals surface area contributed by atoms with E-state index in [-0.39, 0.29) is 5.91 Å². The number of benzene rings is 2. The fourth-order valence-electron chi connectivity index (χ4n) is 4.73. The van der Waals surface area contributed by atoms with Gasteiger partial charge in [0.05, 0.1) is 6.61 Å². The van der Waals surface area contributed by atoms with Crippen LogP contribution in [0.15, 0.2) is 42.5 Å². The highest BCUT2D eigenvalue weighted by molar-refractivity contribution is 5.94. The predicted octanol–water partition coefficient (Wildman–Crippen LogP) is 4.10. The molecular formula is C27H37N3O2. The molecule has 5 heteroatoms. The predicted molar refractivity (Wildman–Crippen MR) is 129 cm³/mol. The third-order valence-corrected chi connectivity index (χ3v) is 6.52. The second-order valence-corrected chi connectivity index (χ2v) is 9.27. The number of amides is 1. The molecule has 32 heavy (non-hydrogen) atoms. The van der Waals surface area contributed by atoms with E-state index in [2.05, 4.69) is 46.4 Å². The van der Waals surface area contributed by atoms with Crippen LogP contribution in [0.3, 0.4) is 0 Å². The summed E-state index contributed by atoms with van der Waals surface area (Å²) in [6, 6.07) is 14.7. The van der Waals surface area contributed by atoms with Crippen molar-refractivity contribution in [3.63, 3.8) is 0 Å². The average Bonchev–Trinajstić information content (AvgIpc) is 3.30. The summed E-state index contributed by atoms with van der Waals surface area (Å²) >= 11 is 0. The summed E-state index contributed by atoms with van der Waals surface area (Å²) in [5.74, 6) is 0.903. The lowest BCUT2D eigenvalue weighted by Gasteiger charge is -2.19. The van der Waals surface area contributed by atoms with Gasteiger partial charge in [-0.05, 0) is 93.7 Å². The summed E-state index contributed by atoms with van der Waals surface area (Å²) in [5, 5.41) is 3.10. The molecule has 0 radical (unpaired) electrons. The highest BCUT2D eigenvalue weighted by Gasteiger charge is 2.14. The molecule has 2 bridgehead atoms. The molecule has 2 aromatic carbocycles. The number of nitrogens with one attached hydrogen (secondary N) is 1. The SMILES string of the molecule is CN1CCCCCOc2ccc(C(=O)NCCN3CCCC3)cc2Cc2cccc(c2)C1. The minimum Gasteiger partial charge on any atom is -0.493 e. The van der Waals surface area contributed by atoms with Gasteiger partial charge in [0.2, 0.25) is 0 Å². The first-order chi connectivity index (χ1) is 15.7. The zero-order valence-corrected chi connectivity index (χ0v) is 19.4. The van der Waals surface area contributed by atoms with E-state index in [1.54, 1.807) is 0 Å². The summed E-state index contributed by atoms with van der Waals surface area (Å²) in [6.45, 7) is 6.73. The Morgan fingerprint density at radius 1 is 0.969 bits per heavy atom. The number of rotatable bonds is 4. The Bertz CT molecular complexity index is 892. The van der Waals surface area contributed by atoms with Crippen LogP contribution in [0.1, 0.15) is 59.2 Å². The lowest BCUT2D eigenvalue weighted by molar-refractivity contribution is 0.0949. The fraction of sp³-hybridized carbons (Fsp3) is 0.519. The Labute approximate surface area is 192 Å². The number of hydrogen-bond donors (Lipinski definition) is 1. The van der Waals surface area contributed by atoms with Gasteiger partial charge < -0.3 is 19.9 Å². The first-order valence-electron chi connectivity index (χ1n) is 12.2. The van der Waals surface area contributed by atoms with Crippen LogP contribution in [-0.2, 0) is 13.0 Å². The van der Waals surface area contributed by atoms with E-state index in [4.69, 9.17) is 4.74 Å². The Morgan fingerprint density at radius 2 is 1.78 bits per heavy atom. The molecule has 4 rings (SSSR count). The molecule has 0 unspecified atom stereocenters. The topological polar surface area (TPSA) is 44.8 Å². The van der Waals surface area contributed by atoms with Crippen LogP contribution >= 0.6 is 0 Å². The second kappa shape index (κ2) is 11.5. The molecule has 0 atom stereocenters. The van der Waals surface area contributed by atoms with Crippen molar-refractivity contribution >= 4 is 5.91 Å². The maximum atomic E-state index is 12.8. The van der Waals surface area contributed by atoms with Crippen molar-refractivity contribution in [2.45, 2.75) is 45.1 Å². The van der Waals surface area contributed by atoms with Gasteiger partial charge in [-0.3, -0.25) is 4.79 Å². The van der Waals surface area contributed by atoms with Crippen molar-refractivity contribution in [2.24, 2.45) is 0 Å². The van der Waals surface area contributed by atoms with E-state index in [0.717, 1.165) is 69.9 Å². The molecule has 0 spiro atoms. The van der Waals surface area contributed by atoms with Gasteiger partial charge in [-0.1, -0.05) is 24.3 Å². The Morgan fingerprint density at radius 3 is 2.66 bits per heavy atom. The maximum Gasteiger partial charge on any atom is 0.251 e. The zero-order valence-electron chi connectivity index (χ0n) is 19.4. The Kier molecular flexibility index (Phi) is 8.18. The Balaban J connectivity index is 1.49. The molecule has 1 N–H and O–H groups in total. The molecule has 1 amide bonds. The van der Waals surface area contributed by atoms with Crippen molar-refractivity contribution in [3.05, 3.63) is 64.7 Å². The molecular weight excluding hydrogens is 398 g/mol. The van der Waals surface area contributed by atoms with Crippen LogP contribution in [0.5, 0.6) is 5.75 Å². The number of carbonyl (C=O) groups is 1. The molecule has 1 fully saturated rings. The van der Waals surface area contributed by atoms with E-state index < -0.39 is 0 Å². The molecule has 172 valence electrons. The first-order valence-corrected chi connectivity index (χ1v) is 12.2. The zero-order chi connectivity index (χ0) is 22.2. The smallest absolute Gasteiger partial charge is 0.251 e. The van der Waals surface area contributed by atoms with E-state index in [9.17, 15) is 4.79 Å². The summed E-state index contributed by atoms with van der Waals surface area (Å²) in [5.41, 5.74) is 4.38. The van der Waals surface area contributed by atoms with Gasteiger partial charge in [-0.25, -0.2) is 0 Å². The van der Waals surface area contributed by atoms with Crippen molar-refractivity contribution in [3.8, 4) is 5.75 Å². The largest absolute Gasteiger partial charge is 0.493 e. The van der Waals surface area contributed by atoms with Crippen molar-refractivity contribution in [1.29, 1.82) is 0 Å². The molecule has 0 aromatic heterocycles. The molecule has 2 aliphatic rings. The number of hydrogen-bond acceptors (Lipinski definition) is 4. The van der Waals surface area contributed by atoms with Crippen LogP contribution in [0.25, 0.3) is 0 Å².